The van der Waals surface area contributed by atoms with Crippen LogP contribution in [0.5, 0.6) is 0 Å². The second-order valence-corrected chi connectivity index (χ2v) is 9.42. The summed E-state index contributed by atoms with van der Waals surface area (Å²) in [6.07, 6.45) is 4.00. The number of nitrogens with one attached hydrogen (secondary N) is 1. The van der Waals surface area contributed by atoms with Gasteiger partial charge in [-0.05, 0) is 62.8 Å². The van der Waals surface area contributed by atoms with E-state index >= 15 is 0 Å². The fraction of sp³-hybridized carbons (Fsp3) is 0.478. The van der Waals surface area contributed by atoms with Crippen LogP contribution in [0.1, 0.15) is 43.7 Å². The van der Waals surface area contributed by atoms with Crippen LogP contribution < -0.4 is 21.5 Å². The number of anilines is 2. The lowest BCUT2D eigenvalue weighted by molar-refractivity contribution is -0.116. The number of hydrogen-bond donors (Lipinski definition) is 1. The van der Waals surface area contributed by atoms with E-state index in [1.807, 2.05) is 39.0 Å². The lowest BCUT2D eigenvalue weighted by Crippen LogP contribution is -2.41. The van der Waals surface area contributed by atoms with E-state index in [2.05, 4.69) is 15.2 Å². The lowest BCUT2D eigenvalue weighted by atomic mass is 10.1. The van der Waals surface area contributed by atoms with Gasteiger partial charge in [-0.25, -0.2) is 9.78 Å². The average molecular weight is 456 g/mol. The summed E-state index contributed by atoms with van der Waals surface area (Å²) < 4.78 is 3.00. The van der Waals surface area contributed by atoms with Crippen molar-refractivity contribution in [3.05, 3.63) is 50.2 Å². The van der Waals surface area contributed by atoms with E-state index in [0.29, 0.717) is 29.0 Å². The molecule has 1 N–H and O–H groups in total. The van der Waals surface area contributed by atoms with Crippen molar-refractivity contribution in [2.24, 2.45) is 0 Å². The highest BCUT2D eigenvalue weighted by Crippen LogP contribution is 2.28. The Bertz CT molecular complexity index is 1250. The third kappa shape index (κ3) is 4.48. The molecule has 1 aliphatic rings. The molecule has 8 nitrogen and oxygen atoms in total. The van der Waals surface area contributed by atoms with E-state index in [4.69, 9.17) is 0 Å². The van der Waals surface area contributed by atoms with Crippen molar-refractivity contribution in [2.75, 3.05) is 23.3 Å². The highest BCUT2D eigenvalue weighted by atomic mass is 32.1. The van der Waals surface area contributed by atoms with Gasteiger partial charge in [0.2, 0.25) is 5.91 Å². The van der Waals surface area contributed by atoms with Gasteiger partial charge in [-0.1, -0.05) is 24.3 Å². The Labute approximate surface area is 190 Å². The zero-order valence-electron chi connectivity index (χ0n) is 18.8. The van der Waals surface area contributed by atoms with Gasteiger partial charge < -0.3 is 10.2 Å². The van der Waals surface area contributed by atoms with Gasteiger partial charge >= 0.3 is 5.69 Å². The molecule has 9 heteroatoms. The first kappa shape index (κ1) is 22.3. The summed E-state index contributed by atoms with van der Waals surface area (Å²) in [5.74, 6) is -0.326. The summed E-state index contributed by atoms with van der Waals surface area (Å²) >= 11 is 1.32. The molecule has 1 saturated heterocycles. The number of carbonyl (C=O) groups excluding carboxylic acids is 1. The summed E-state index contributed by atoms with van der Waals surface area (Å²) in [5, 5.41) is 3.62. The molecule has 0 aliphatic carbocycles. The molecule has 0 spiro atoms. The number of amides is 1. The normalized spacial score (nSPS) is 14.2. The zero-order chi connectivity index (χ0) is 22.8. The molecule has 0 atom stereocenters. The van der Waals surface area contributed by atoms with Gasteiger partial charge in [0.1, 0.15) is 11.2 Å². The molecular weight excluding hydrogens is 426 g/mol. The minimum Gasteiger partial charge on any atom is -0.348 e. The van der Waals surface area contributed by atoms with E-state index in [-0.39, 0.29) is 18.0 Å². The van der Waals surface area contributed by atoms with Crippen molar-refractivity contribution in [1.82, 2.24) is 14.1 Å². The molecule has 3 aromatic rings. The first-order valence-corrected chi connectivity index (χ1v) is 12.0. The molecule has 1 aliphatic heterocycles. The minimum absolute atomic E-state index is 0.199. The summed E-state index contributed by atoms with van der Waals surface area (Å²) in [7, 11) is 0. The Morgan fingerprint density at radius 2 is 1.75 bits per heavy atom. The Kier molecular flexibility index (Phi) is 6.45. The maximum Gasteiger partial charge on any atom is 0.333 e. The Morgan fingerprint density at radius 1 is 1.06 bits per heavy atom. The van der Waals surface area contributed by atoms with Crippen LogP contribution in [0.3, 0.4) is 0 Å². The average Bonchev–Trinajstić information content (AvgIpc) is 3.20. The van der Waals surface area contributed by atoms with E-state index in [1.165, 1.54) is 26.9 Å². The van der Waals surface area contributed by atoms with Crippen LogP contribution in [0.4, 0.5) is 10.8 Å². The fourth-order valence-corrected chi connectivity index (χ4v) is 5.31. The summed E-state index contributed by atoms with van der Waals surface area (Å²) in [6, 6.07) is 5.80. The number of aromatic nitrogens is 3. The molecule has 1 fully saturated rings. The van der Waals surface area contributed by atoms with Crippen molar-refractivity contribution in [2.45, 2.75) is 59.5 Å². The van der Waals surface area contributed by atoms with Gasteiger partial charge in [-0.3, -0.25) is 18.7 Å². The van der Waals surface area contributed by atoms with E-state index in [9.17, 15) is 14.4 Å². The maximum atomic E-state index is 13.2. The number of nitrogens with zero attached hydrogens (tertiary/aromatic N) is 4. The molecular formula is C23H29N5O3S. The fourth-order valence-electron chi connectivity index (χ4n) is 4.24. The van der Waals surface area contributed by atoms with Crippen LogP contribution in [-0.2, 0) is 17.9 Å². The van der Waals surface area contributed by atoms with Crippen LogP contribution >= 0.6 is 11.3 Å². The van der Waals surface area contributed by atoms with Gasteiger partial charge in [0, 0.05) is 25.3 Å². The van der Waals surface area contributed by atoms with E-state index < -0.39 is 5.69 Å². The number of benzene rings is 1. The first-order valence-electron chi connectivity index (χ1n) is 11.1. The number of aryl methyl sites for hydroxylation is 2. The second-order valence-electron chi connectivity index (χ2n) is 8.45. The Balaban J connectivity index is 1.74. The van der Waals surface area contributed by atoms with Crippen LogP contribution in [-0.4, -0.2) is 33.1 Å². The van der Waals surface area contributed by atoms with Crippen molar-refractivity contribution < 1.29 is 4.79 Å². The standard InChI is InChI=1S/C23H29N5O3S/c1-4-8-27-21(30)19-20(25-22(32-19)26-9-6-5-7-10-26)28(23(27)31)14-18(29)24-17-12-15(2)11-16(3)13-17/h11-13H,4-10,14H2,1-3H3,(H,24,29). The molecule has 32 heavy (non-hydrogen) atoms. The number of piperidine rings is 1. The second kappa shape index (κ2) is 9.28. The highest BCUT2D eigenvalue weighted by molar-refractivity contribution is 7.22. The molecule has 3 heterocycles. The molecule has 0 radical (unpaired) electrons. The van der Waals surface area contributed by atoms with Crippen LogP contribution in [0.2, 0.25) is 0 Å². The minimum atomic E-state index is -0.490. The molecule has 170 valence electrons. The van der Waals surface area contributed by atoms with Gasteiger partial charge in [-0.2, -0.15) is 0 Å². The Morgan fingerprint density at radius 3 is 2.41 bits per heavy atom. The van der Waals surface area contributed by atoms with Gasteiger partial charge in [0.25, 0.3) is 5.56 Å². The third-order valence-corrected chi connectivity index (χ3v) is 6.73. The predicted octanol–water partition coefficient (Wildman–Crippen LogP) is 3.28. The first-order chi connectivity index (χ1) is 15.4. The molecule has 0 saturated carbocycles. The highest BCUT2D eigenvalue weighted by Gasteiger charge is 2.22. The molecule has 1 amide bonds. The summed E-state index contributed by atoms with van der Waals surface area (Å²) in [4.78, 5) is 45.9. The molecule has 1 aromatic carbocycles. The van der Waals surface area contributed by atoms with Crippen molar-refractivity contribution >= 4 is 38.4 Å². The number of fused-ring (bicyclic) bond motifs is 1. The number of hydrogen-bond acceptors (Lipinski definition) is 6. The molecule has 4 rings (SSSR count). The quantitative estimate of drug-likeness (QED) is 0.616. The SMILES string of the molecule is CCCn1c(=O)c2sc(N3CCCCC3)nc2n(CC(=O)Nc2cc(C)cc(C)c2)c1=O. The lowest BCUT2D eigenvalue weighted by Gasteiger charge is -2.25. The van der Waals surface area contributed by atoms with Crippen LogP contribution in [0.15, 0.2) is 27.8 Å². The third-order valence-electron chi connectivity index (χ3n) is 5.64. The molecule has 0 unspecified atom stereocenters. The van der Waals surface area contributed by atoms with Crippen LogP contribution in [0.25, 0.3) is 10.3 Å². The number of rotatable bonds is 6. The van der Waals surface area contributed by atoms with Gasteiger partial charge in [0.05, 0.1) is 0 Å². The van der Waals surface area contributed by atoms with Crippen molar-refractivity contribution in [3.63, 3.8) is 0 Å². The largest absolute Gasteiger partial charge is 0.348 e. The zero-order valence-corrected chi connectivity index (χ0v) is 19.6. The monoisotopic (exact) mass is 455 g/mol. The van der Waals surface area contributed by atoms with Crippen LogP contribution in [0, 0.1) is 13.8 Å². The maximum absolute atomic E-state index is 13.2. The predicted molar refractivity (Wildman–Crippen MR) is 129 cm³/mol. The smallest absolute Gasteiger partial charge is 0.333 e. The van der Waals surface area contributed by atoms with Crippen molar-refractivity contribution in [1.29, 1.82) is 0 Å². The van der Waals surface area contributed by atoms with E-state index in [1.54, 1.807) is 0 Å². The number of carbonyl (C=O) groups is 1. The van der Waals surface area contributed by atoms with E-state index in [0.717, 1.165) is 42.2 Å². The summed E-state index contributed by atoms with van der Waals surface area (Å²) in [5.41, 5.74) is 2.26. The topological polar surface area (TPSA) is 89.2 Å². The molecule has 2 aromatic heterocycles. The molecule has 0 bridgehead atoms. The summed E-state index contributed by atoms with van der Waals surface area (Å²) in [6.45, 7) is 7.74. The van der Waals surface area contributed by atoms with Gasteiger partial charge in [0.15, 0.2) is 10.8 Å². The Hall–Kier alpha value is -2.94. The number of thiazole rings is 1. The van der Waals surface area contributed by atoms with Crippen molar-refractivity contribution in [3.8, 4) is 0 Å². The van der Waals surface area contributed by atoms with Gasteiger partial charge in [-0.15, -0.1) is 0 Å².